The normalized spacial score (nSPS) is 19.4. The van der Waals surface area contributed by atoms with Gasteiger partial charge >= 0.3 is 0 Å². The van der Waals surface area contributed by atoms with Gasteiger partial charge in [0, 0.05) is 43.2 Å². The standard InChI is InChI=1S/C30H34N4O5/c1-19-9-12-26(33-17-19)37-14-7-15-38-30(4,28-21(3)39-28)24(18-35)20(2)29(36)34(5)25-11-10-22(16-31)27-23(25)8-6-13-32-27/h6,8-13,17-18,20-21,24,28H,7,14-15H2,1-5H3. The van der Waals surface area contributed by atoms with E-state index in [-0.39, 0.29) is 18.1 Å². The van der Waals surface area contributed by atoms with E-state index >= 15 is 0 Å². The summed E-state index contributed by atoms with van der Waals surface area (Å²) in [6, 6.07) is 12.9. The molecule has 4 rings (SSSR count). The fourth-order valence-electron chi connectivity index (χ4n) is 5.09. The lowest BCUT2D eigenvalue weighted by atomic mass is 9.77. The second-order valence-corrected chi connectivity index (χ2v) is 10.2. The zero-order valence-corrected chi connectivity index (χ0v) is 23.0. The molecule has 0 radical (unpaired) electrons. The van der Waals surface area contributed by atoms with Crippen LogP contribution >= 0.6 is 0 Å². The minimum atomic E-state index is -1.01. The Balaban J connectivity index is 1.47. The van der Waals surface area contributed by atoms with Crippen LogP contribution in [0, 0.1) is 30.1 Å². The second kappa shape index (κ2) is 11.9. The van der Waals surface area contributed by atoms with Crippen molar-refractivity contribution in [2.75, 3.05) is 25.2 Å². The van der Waals surface area contributed by atoms with Crippen molar-refractivity contribution in [3.63, 3.8) is 0 Å². The first-order valence-corrected chi connectivity index (χ1v) is 13.1. The maximum absolute atomic E-state index is 13.7. The maximum atomic E-state index is 13.7. The summed E-state index contributed by atoms with van der Waals surface area (Å²) in [5, 5.41) is 10.1. The highest BCUT2D eigenvalue weighted by Crippen LogP contribution is 2.42. The van der Waals surface area contributed by atoms with Crippen LogP contribution < -0.4 is 9.64 Å². The molecule has 1 fully saturated rings. The molecule has 0 N–H and O–H groups in total. The Bertz CT molecular complexity index is 1370. The van der Waals surface area contributed by atoms with Gasteiger partial charge in [-0.3, -0.25) is 9.78 Å². The van der Waals surface area contributed by atoms with E-state index in [0.29, 0.717) is 47.7 Å². The molecule has 5 unspecified atom stereocenters. The van der Waals surface area contributed by atoms with Crippen LogP contribution in [-0.2, 0) is 19.1 Å². The molecule has 1 aliphatic rings. The van der Waals surface area contributed by atoms with Crippen molar-refractivity contribution in [2.45, 2.75) is 51.9 Å². The van der Waals surface area contributed by atoms with Crippen LogP contribution in [0.15, 0.2) is 48.8 Å². The van der Waals surface area contributed by atoms with Crippen molar-refractivity contribution >= 4 is 28.8 Å². The second-order valence-electron chi connectivity index (χ2n) is 10.2. The first kappa shape index (κ1) is 28.1. The largest absolute Gasteiger partial charge is 0.478 e. The molecule has 1 saturated heterocycles. The quantitative estimate of drug-likeness (QED) is 0.194. The zero-order valence-electron chi connectivity index (χ0n) is 23.0. The molecule has 39 heavy (non-hydrogen) atoms. The van der Waals surface area contributed by atoms with Gasteiger partial charge in [-0.25, -0.2) is 4.98 Å². The maximum Gasteiger partial charge on any atom is 0.230 e. The fourth-order valence-corrected chi connectivity index (χ4v) is 5.09. The number of anilines is 1. The number of epoxide rings is 1. The van der Waals surface area contributed by atoms with Crippen molar-refractivity contribution < 1.29 is 23.8 Å². The summed E-state index contributed by atoms with van der Waals surface area (Å²) in [5.41, 5.74) is 1.61. The van der Waals surface area contributed by atoms with E-state index in [2.05, 4.69) is 16.0 Å². The van der Waals surface area contributed by atoms with Gasteiger partial charge in [0.1, 0.15) is 24.1 Å². The van der Waals surface area contributed by atoms with Gasteiger partial charge in [-0.1, -0.05) is 13.0 Å². The fraction of sp³-hybridized carbons (Fsp3) is 0.433. The average molecular weight is 531 g/mol. The highest BCUT2D eigenvalue weighted by Gasteiger charge is 2.57. The lowest BCUT2D eigenvalue weighted by Crippen LogP contribution is -2.51. The van der Waals surface area contributed by atoms with Gasteiger partial charge in [0.2, 0.25) is 11.8 Å². The molecule has 1 aliphatic heterocycles. The molecule has 2 aromatic heterocycles. The Morgan fingerprint density at radius 3 is 2.67 bits per heavy atom. The summed E-state index contributed by atoms with van der Waals surface area (Å²) in [4.78, 5) is 36.3. The van der Waals surface area contributed by atoms with E-state index in [1.54, 1.807) is 44.6 Å². The Labute approximate surface area is 228 Å². The average Bonchev–Trinajstić information content (AvgIpc) is 3.70. The molecular formula is C30H34N4O5. The van der Waals surface area contributed by atoms with E-state index in [0.717, 1.165) is 11.8 Å². The Hall–Kier alpha value is -3.87. The number of ether oxygens (including phenoxy) is 3. The van der Waals surface area contributed by atoms with Crippen LogP contribution in [0.25, 0.3) is 10.9 Å². The van der Waals surface area contributed by atoms with Gasteiger partial charge in [-0.2, -0.15) is 5.26 Å². The van der Waals surface area contributed by atoms with E-state index in [4.69, 9.17) is 14.2 Å². The van der Waals surface area contributed by atoms with E-state index in [1.807, 2.05) is 39.0 Å². The molecule has 1 amide bonds. The Kier molecular flexibility index (Phi) is 8.58. The number of nitrogens with zero attached hydrogens (tertiary/aromatic N) is 4. The third kappa shape index (κ3) is 5.92. The van der Waals surface area contributed by atoms with Crippen molar-refractivity contribution in [2.24, 2.45) is 11.8 Å². The minimum Gasteiger partial charge on any atom is -0.478 e. The topological polar surface area (TPSA) is 118 Å². The van der Waals surface area contributed by atoms with Gasteiger partial charge in [0.15, 0.2) is 0 Å². The Morgan fingerprint density at radius 2 is 2.03 bits per heavy atom. The van der Waals surface area contributed by atoms with Crippen molar-refractivity contribution in [1.82, 2.24) is 9.97 Å². The van der Waals surface area contributed by atoms with Gasteiger partial charge in [-0.05, 0) is 50.6 Å². The predicted molar refractivity (Wildman–Crippen MR) is 146 cm³/mol. The molecule has 0 bridgehead atoms. The monoisotopic (exact) mass is 530 g/mol. The summed E-state index contributed by atoms with van der Waals surface area (Å²) < 4.78 is 17.8. The third-order valence-electron chi connectivity index (χ3n) is 7.41. The summed E-state index contributed by atoms with van der Waals surface area (Å²) in [6.45, 7) is 8.19. The smallest absolute Gasteiger partial charge is 0.230 e. The summed E-state index contributed by atoms with van der Waals surface area (Å²) in [7, 11) is 1.67. The van der Waals surface area contributed by atoms with Gasteiger partial charge < -0.3 is 23.9 Å². The molecule has 0 aliphatic carbocycles. The molecular weight excluding hydrogens is 496 g/mol. The number of aryl methyl sites for hydroxylation is 1. The van der Waals surface area contributed by atoms with E-state index in [9.17, 15) is 14.9 Å². The number of aromatic nitrogens is 2. The van der Waals surface area contributed by atoms with Crippen LogP contribution in [0.5, 0.6) is 5.88 Å². The lowest BCUT2D eigenvalue weighted by molar-refractivity contribution is -0.144. The molecule has 1 aromatic carbocycles. The number of hydrogen-bond acceptors (Lipinski definition) is 8. The number of amides is 1. The number of hydrogen-bond donors (Lipinski definition) is 0. The number of aldehydes is 1. The van der Waals surface area contributed by atoms with Crippen LogP contribution in [0.3, 0.4) is 0 Å². The summed E-state index contributed by atoms with van der Waals surface area (Å²) in [6.07, 6.45) is 4.34. The van der Waals surface area contributed by atoms with Crippen LogP contribution in [0.1, 0.15) is 38.3 Å². The number of benzene rings is 1. The Morgan fingerprint density at radius 1 is 1.26 bits per heavy atom. The number of carbonyl (C=O) groups excluding carboxylic acids is 2. The zero-order chi connectivity index (χ0) is 28.2. The SMILES string of the molecule is Cc1ccc(OCCCOC(C)(C(C=O)C(C)C(=O)N(C)c2ccc(C#N)c3ncccc23)C2OC2C)nc1. The molecule has 5 atom stereocenters. The van der Waals surface area contributed by atoms with Crippen molar-refractivity contribution in [1.29, 1.82) is 5.26 Å². The number of rotatable bonds is 12. The van der Waals surface area contributed by atoms with Gasteiger partial charge in [-0.15, -0.1) is 0 Å². The molecule has 9 nitrogen and oxygen atoms in total. The molecule has 3 aromatic rings. The van der Waals surface area contributed by atoms with Crippen molar-refractivity contribution in [3.05, 3.63) is 59.9 Å². The molecule has 204 valence electrons. The molecule has 3 heterocycles. The molecule has 0 spiro atoms. The summed E-state index contributed by atoms with van der Waals surface area (Å²) in [5.74, 6) is -1.17. The van der Waals surface area contributed by atoms with Gasteiger partial charge in [0.05, 0.1) is 42.0 Å². The third-order valence-corrected chi connectivity index (χ3v) is 7.41. The van der Waals surface area contributed by atoms with Crippen LogP contribution in [0.2, 0.25) is 0 Å². The molecule has 0 saturated carbocycles. The van der Waals surface area contributed by atoms with E-state index < -0.39 is 17.4 Å². The minimum absolute atomic E-state index is 0.0842. The summed E-state index contributed by atoms with van der Waals surface area (Å²) >= 11 is 0. The van der Waals surface area contributed by atoms with Gasteiger partial charge in [0.25, 0.3) is 0 Å². The van der Waals surface area contributed by atoms with Crippen LogP contribution in [0.4, 0.5) is 5.69 Å². The van der Waals surface area contributed by atoms with Crippen molar-refractivity contribution in [3.8, 4) is 11.9 Å². The van der Waals surface area contributed by atoms with E-state index in [1.165, 1.54) is 4.90 Å². The lowest BCUT2D eigenvalue weighted by Gasteiger charge is -2.37. The predicted octanol–water partition coefficient (Wildman–Crippen LogP) is 4.26. The number of carbonyl (C=O) groups is 2. The highest BCUT2D eigenvalue weighted by atomic mass is 16.6. The number of nitriles is 1. The number of pyridine rings is 2. The van der Waals surface area contributed by atoms with Crippen LogP contribution in [-0.4, -0.2) is 60.2 Å². The highest BCUT2D eigenvalue weighted by molar-refractivity contribution is 6.05. The first-order valence-electron chi connectivity index (χ1n) is 13.1. The number of fused-ring (bicyclic) bond motifs is 1. The first-order chi connectivity index (χ1) is 18.7. The molecule has 9 heteroatoms.